The van der Waals surface area contributed by atoms with E-state index < -0.39 is 4.92 Å². The number of anilines is 1. The van der Waals surface area contributed by atoms with Crippen molar-refractivity contribution in [1.29, 1.82) is 0 Å². The molecule has 0 aromatic heterocycles. The van der Waals surface area contributed by atoms with Gasteiger partial charge in [-0.15, -0.1) is 0 Å². The maximum atomic E-state index is 13.1. The van der Waals surface area contributed by atoms with Gasteiger partial charge in [-0.25, -0.2) is 4.39 Å². The fraction of sp³-hybridized carbons (Fsp3) is 0.188. The molecule has 1 atom stereocenters. The van der Waals surface area contributed by atoms with Crippen LogP contribution in [-0.2, 0) is 11.3 Å². The standard InChI is InChI=1S/C16H16FN3O3/c1-19(10-12-3-2-4-13(17)9-12)11-16(21)18-14-5-7-15(8-6-14)20(22)23/h2-9H,10-11H2,1H3,(H,18,21)/p+1. The third kappa shape index (κ3) is 5.15. The van der Waals surface area contributed by atoms with Gasteiger partial charge in [-0.1, -0.05) is 12.1 Å². The first-order valence-electron chi connectivity index (χ1n) is 7.04. The number of halogens is 1. The summed E-state index contributed by atoms with van der Waals surface area (Å²) in [4.78, 5) is 22.9. The molecule has 120 valence electrons. The number of likely N-dealkylation sites (N-methyl/N-ethyl adjacent to an activating group) is 1. The van der Waals surface area contributed by atoms with Crippen LogP contribution in [0.25, 0.3) is 0 Å². The zero-order chi connectivity index (χ0) is 16.8. The Labute approximate surface area is 132 Å². The first kappa shape index (κ1) is 16.6. The molecule has 0 fully saturated rings. The quantitative estimate of drug-likeness (QED) is 0.624. The summed E-state index contributed by atoms with van der Waals surface area (Å²) in [6.45, 7) is 0.721. The number of benzene rings is 2. The highest BCUT2D eigenvalue weighted by Gasteiger charge is 2.12. The van der Waals surface area contributed by atoms with Gasteiger partial charge in [-0.3, -0.25) is 14.9 Å². The van der Waals surface area contributed by atoms with E-state index >= 15 is 0 Å². The summed E-state index contributed by atoms with van der Waals surface area (Å²) in [7, 11) is 1.83. The fourth-order valence-electron chi connectivity index (χ4n) is 2.20. The first-order valence-corrected chi connectivity index (χ1v) is 7.04. The number of nitro benzene ring substituents is 1. The lowest BCUT2D eigenvalue weighted by atomic mass is 10.2. The monoisotopic (exact) mass is 318 g/mol. The predicted molar refractivity (Wildman–Crippen MR) is 83.6 cm³/mol. The Morgan fingerprint density at radius 1 is 1.26 bits per heavy atom. The van der Waals surface area contributed by atoms with Gasteiger partial charge in [0.25, 0.3) is 11.6 Å². The number of amides is 1. The third-order valence-corrected chi connectivity index (χ3v) is 3.22. The molecular weight excluding hydrogens is 301 g/mol. The van der Waals surface area contributed by atoms with E-state index in [0.29, 0.717) is 12.2 Å². The van der Waals surface area contributed by atoms with E-state index in [9.17, 15) is 19.3 Å². The molecule has 0 heterocycles. The highest BCUT2D eigenvalue weighted by molar-refractivity contribution is 5.91. The van der Waals surface area contributed by atoms with Gasteiger partial charge in [0.1, 0.15) is 12.4 Å². The second kappa shape index (κ2) is 7.46. The van der Waals surface area contributed by atoms with Crippen LogP contribution in [0.1, 0.15) is 5.56 Å². The molecule has 2 N–H and O–H groups in total. The molecule has 0 spiro atoms. The highest BCUT2D eigenvalue weighted by atomic mass is 19.1. The van der Waals surface area contributed by atoms with Gasteiger partial charge in [0.2, 0.25) is 0 Å². The maximum absolute atomic E-state index is 13.1. The third-order valence-electron chi connectivity index (χ3n) is 3.22. The number of hydrogen-bond donors (Lipinski definition) is 2. The fourth-order valence-corrected chi connectivity index (χ4v) is 2.20. The topological polar surface area (TPSA) is 76.7 Å². The summed E-state index contributed by atoms with van der Waals surface area (Å²) in [5.74, 6) is -0.515. The minimum absolute atomic E-state index is 0.0307. The zero-order valence-corrected chi connectivity index (χ0v) is 12.6. The van der Waals surface area contributed by atoms with Crippen molar-refractivity contribution in [3.63, 3.8) is 0 Å². The van der Waals surface area contributed by atoms with Gasteiger partial charge < -0.3 is 10.2 Å². The van der Waals surface area contributed by atoms with Gasteiger partial charge in [0, 0.05) is 23.4 Å². The number of nitrogens with zero attached hydrogens (tertiary/aromatic N) is 1. The number of nitrogens with one attached hydrogen (secondary N) is 2. The lowest BCUT2D eigenvalue weighted by molar-refractivity contribution is -0.885. The molecule has 2 rings (SSSR count). The van der Waals surface area contributed by atoms with Crippen LogP contribution in [0.4, 0.5) is 15.8 Å². The lowest BCUT2D eigenvalue weighted by Gasteiger charge is -2.14. The maximum Gasteiger partial charge on any atom is 0.279 e. The molecule has 2 aromatic rings. The lowest BCUT2D eigenvalue weighted by Crippen LogP contribution is -3.08. The van der Waals surface area contributed by atoms with Gasteiger partial charge in [-0.2, -0.15) is 0 Å². The van der Waals surface area contributed by atoms with Crippen molar-refractivity contribution in [3.8, 4) is 0 Å². The van der Waals surface area contributed by atoms with E-state index in [1.807, 2.05) is 7.05 Å². The van der Waals surface area contributed by atoms with Crippen LogP contribution in [0.15, 0.2) is 48.5 Å². The summed E-state index contributed by atoms with van der Waals surface area (Å²) in [5, 5.41) is 13.2. The molecule has 23 heavy (non-hydrogen) atoms. The molecule has 1 amide bonds. The summed E-state index contributed by atoms with van der Waals surface area (Å²) < 4.78 is 13.1. The van der Waals surface area contributed by atoms with Crippen LogP contribution in [0.3, 0.4) is 0 Å². The SMILES string of the molecule is C[NH+](CC(=O)Nc1ccc([N+](=O)[O-])cc1)Cc1cccc(F)c1. The number of carbonyl (C=O) groups excluding carboxylic acids is 1. The van der Waals surface area contributed by atoms with Crippen LogP contribution in [0, 0.1) is 15.9 Å². The number of quaternary nitrogens is 1. The largest absolute Gasteiger partial charge is 0.326 e. The molecule has 0 saturated heterocycles. The second-order valence-corrected chi connectivity index (χ2v) is 5.29. The zero-order valence-electron chi connectivity index (χ0n) is 12.6. The summed E-state index contributed by atoms with van der Waals surface area (Å²) in [6, 6.07) is 11.9. The number of hydrogen-bond acceptors (Lipinski definition) is 3. The van der Waals surface area contributed by atoms with Crippen molar-refractivity contribution < 1.29 is 19.0 Å². The van der Waals surface area contributed by atoms with Crippen LogP contribution < -0.4 is 10.2 Å². The Bertz CT molecular complexity index is 704. The van der Waals surface area contributed by atoms with Crippen molar-refractivity contribution in [2.24, 2.45) is 0 Å². The normalized spacial score (nSPS) is 11.7. The summed E-state index contributed by atoms with van der Waals surface area (Å²) in [6.07, 6.45) is 0. The van der Waals surface area contributed by atoms with Crippen molar-refractivity contribution >= 4 is 17.3 Å². The predicted octanol–water partition coefficient (Wildman–Crippen LogP) is 1.39. The Hall–Kier alpha value is -2.80. The number of nitro groups is 1. The summed E-state index contributed by atoms with van der Waals surface area (Å²) in [5.41, 5.74) is 1.28. The Balaban J connectivity index is 1.87. The number of carbonyl (C=O) groups is 1. The van der Waals surface area contributed by atoms with Crippen LogP contribution in [0.2, 0.25) is 0 Å². The number of rotatable bonds is 6. The number of non-ortho nitro benzene ring substituents is 1. The molecule has 7 heteroatoms. The minimum Gasteiger partial charge on any atom is -0.326 e. The smallest absolute Gasteiger partial charge is 0.279 e. The molecule has 0 radical (unpaired) electrons. The Morgan fingerprint density at radius 3 is 2.57 bits per heavy atom. The Morgan fingerprint density at radius 2 is 1.96 bits per heavy atom. The molecule has 0 aliphatic rings. The molecule has 0 bridgehead atoms. The van der Waals surface area contributed by atoms with E-state index in [1.54, 1.807) is 12.1 Å². The van der Waals surface area contributed by atoms with Crippen molar-refractivity contribution in [2.45, 2.75) is 6.54 Å². The molecule has 0 saturated carbocycles. The summed E-state index contributed by atoms with van der Waals surface area (Å²) >= 11 is 0. The Kier molecular flexibility index (Phi) is 5.37. The minimum atomic E-state index is -0.498. The molecule has 0 aliphatic carbocycles. The first-order chi connectivity index (χ1) is 10.9. The highest BCUT2D eigenvalue weighted by Crippen LogP contribution is 2.15. The average molecular weight is 318 g/mol. The molecule has 1 unspecified atom stereocenters. The van der Waals surface area contributed by atoms with Gasteiger partial charge in [0.15, 0.2) is 6.54 Å². The molecule has 2 aromatic carbocycles. The van der Waals surface area contributed by atoms with Gasteiger partial charge in [-0.05, 0) is 24.3 Å². The van der Waals surface area contributed by atoms with E-state index in [4.69, 9.17) is 0 Å². The molecule has 0 aliphatic heterocycles. The van der Waals surface area contributed by atoms with Crippen molar-refractivity contribution in [1.82, 2.24) is 0 Å². The van der Waals surface area contributed by atoms with E-state index in [-0.39, 0.29) is 24.0 Å². The average Bonchev–Trinajstić information content (AvgIpc) is 2.47. The molecule has 6 nitrogen and oxygen atoms in total. The van der Waals surface area contributed by atoms with E-state index in [1.165, 1.54) is 36.4 Å². The van der Waals surface area contributed by atoms with Gasteiger partial charge in [0.05, 0.1) is 12.0 Å². The molecular formula is C16H17FN3O3+. The van der Waals surface area contributed by atoms with E-state index in [0.717, 1.165) is 10.5 Å². The van der Waals surface area contributed by atoms with E-state index in [2.05, 4.69) is 5.32 Å². The van der Waals surface area contributed by atoms with Crippen LogP contribution in [0.5, 0.6) is 0 Å². The van der Waals surface area contributed by atoms with Crippen molar-refractivity contribution in [2.75, 3.05) is 18.9 Å². The second-order valence-electron chi connectivity index (χ2n) is 5.29. The van der Waals surface area contributed by atoms with Crippen LogP contribution >= 0.6 is 0 Å². The van der Waals surface area contributed by atoms with Crippen LogP contribution in [-0.4, -0.2) is 24.4 Å². The van der Waals surface area contributed by atoms with Gasteiger partial charge >= 0.3 is 0 Å². The van der Waals surface area contributed by atoms with Crippen molar-refractivity contribution in [3.05, 3.63) is 70.0 Å².